The largest absolute Gasteiger partial charge is 0.313 e. The van der Waals surface area contributed by atoms with Gasteiger partial charge in [-0.3, -0.25) is 4.57 Å². The molecule has 0 unspecified atom stereocenters. The Bertz CT molecular complexity index is 882. The molecule has 0 saturated heterocycles. The molecule has 4 rings (SSSR count). The molecule has 3 aromatic rings. The van der Waals surface area contributed by atoms with Gasteiger partial charge < -0.3 is 4.57 Å². The Morgan fingerprint density at radius 3 is 2.16 bits per heavy atom. The standard InChI is InChI=1S/C22H25N3/c1-18-17-24(20-13-7-3-8-14-20)22(23-19-11-5-2-6-12-19)25(18)21-15-9-4-10-16-21/h2,4-6,9-12,15-17,20H,3,7-8,13-14H2,1H3. The van der Waals surface area contributed by atoms with Gasteiger partial charge in [0.05, 0.1) is 5.69 Å². The van der Waals surface area contributed by atoms with Crippen molar-refractivity contribution in [2.24, 2.45) is 4.99 Å². The molecule has 0 atom stereocenters. The van der Waals surface area contributed by atoms with Gasteiger partial charge in [0.2, 0.25) is 5.62 Å². The number of nitrogens with zero attached hydrogens (tertiary/aromatic N) is 3. The minimum atomic E-state index is 0.555. The molecule has 1 aliphatic rings. The van der Waals surface area contributed by atoms with E-state index in [0.29, 0.717) is 6.04 Å². The van der Waals surface area contributed by atoms with E-state index < -0.39 is 0 Å². The van der Waals surface area contributed by atoms with Gasteiger partial charge >= 0.3 is 0 Å². The highest BCUT2D eigenvalue weighted by Crippen LogP contribution is 2.28. The van der Waals surface area contributed by atoms with E-state index in [1.807, 2.05) is 18.2 Å². The molecule has 0 amide bonds. The van der Waals surface area contributed by atoms with E-state index in [4.69, 9.17) is 4.99 Å². The summed E-state index contributed by atoms with van der Waals surface area (Å²) in [6.45, 7) is 2.18. The van der Waals surface area contributed by atoms with Crippen molar-refractivity contribution >= 4 is 5.69 Å². The number of aryl methyl sites for hydroxylation is 1. The van der Waals surface area contributed by atoms with Crippen LogP contribution < -0.4 is 5.62 Å². The van der Waals surface area contributed by atoms with Crippen LogP contribution in [0.15, 0.2) is 71.9 Å². The second kappa shape index (κ2) is 7.14. The molecule has 3 heteroatoms. The van der Waals surface area contributed by atoms with Crippen LogP contribution in [0.2, 0.25) is 0 Å². The number of hydrogen-bond acceptors (Lipinski definition) is 1. The van der Waals surface area contributed by atoms with Crippen molar-refractivity contribution in [1.29, 1.82) is 0 Å². The molecule has 1 fully saturated rings. The monoisotopic (exact) mass is 331 g/mol. The summed E-state index contributed by atoms with van der Waals surface area (Å²) >= 11 is 0. The SMILES string of the molecule is Cc1cn(C2CCCCC2)c(=Nc2ccccc2)n1-c1ccccc1. The minimum absolute atomic E-state index is 0.555. The third-order valence-electron chi connectivity index (χ3n) is 5.08. The molecule has 1 saturated carbocycles. The van der Waals surface area contributed by atoms with Gasteiger partial charge in [0.25, 0.3) is 0 Å². The molecule has 0 spiro atoms. The van der Waals surface area contributed by atoms with Crippen LogP contribution in [0.5, 0.6) is 0 Å². The molecule has 2 aromatic carbocycles. The van der Waals surface area contributed by atoms with E-state index >= 15 is 0 Å². The summed E-state index contributed by atoms with van der Waals surface area (Å²) in [6.07, 6.45) is 8.78. The summed E-state index contributed by atoms with van der Waals surface area (Å²) in [5, 5.41) is 0. The molecule has 3 nitrogen and oxygen atoms in total. The number of imidazole rings is 1. The zero-order chi connectivity index (χ0) is 17.1. The number of rotatable bonds is 3. The molecule has 25 heavy (non-hydrogen) atoms. The van der Waals surface area contributed by atoms with E-state index in [0.717, 1.165) is 11.3 Å². The fourth-order valence-corrected chi connectivity index (χ4v) is 3.84. The van der Waals surface area contributed by atoms with Crippen molar-refractivity contribution in [3.63, 3.8) is 0 Å². The summed E-state index contributed by atoms with van der Waals surface area (Å²) in [5.41, 5.74) is 4.43. The van der Waals surface area contributed by atoms with Crippen molar-refractivity contribution in [1.82, 2.24) is 9.13 Å². The quantitative estimate of drug-likeness (QED) is 0.619. The van der Waals surface area contributed by atoms with Crippen LogP contribution in [0.25, 0.3) is 5.69 Å². The zero-order valence-electron chi connectivity index (χ0n) is 14.8. The summed E-state index contributed by atoms with van der Waals surface area (Å²) in [7, 11) is 0. The lowest BCUT2D eigenvalue weighted by molar-refractivity contribution is 0.343. The molecule has 1 aliphatic carbocycles. The van der Waals surface area contributed by atoms with E-state index in [1.54, 1.807) is 0 Å². The normalized spacial score (nSPS) is 16.3. The average molecular weight is 331 g/mol. The molecular weight excluding hydrogens is 306 g/mol. The van der Waals surface area contributed by atoms with E-state index in [9.17, 15) is 0 Å². The fraction of sp³-hybridized carbons (Fsp3) is 0.318. The maximum absolute atomic E-state index is 5.04. The van der Waals surface area contributed by atoms with Gasteiger partial charge in [-0.25, -0.2) is 4.99 Å². The molecule has 0 radical (unpaired) electrons. The summed E-state index contributed by atoms with van der Waals surface area (Å²) in [4.78, 5) is 5.04. The number of benzene rings is 2. The maximum atomic E-state index is 5.04. The third-order valence-corrected chi connectivity index (χ3v) is 5.08. The predicted octanol–water partition coefficient (Wildman–Crippen LogP) is 5.32. The number of hydrogen-bond donors (Lipinski definition) is 0. The minimum Gasteiger partial charge on any atom is -0.313 e. The summed E-state index contributed by atoms with van der Waals surface area (Å²) < 4.78 is 4.69. The highest BCUT2D eigenvalue weighted by atomic mass is 15.2. The lowest BCUT2D eigenvalue weighted by Gasteiger charge is -2.23. The van der Waals surface area contributed by atoms with E-state index in [2.05, 4.69) is 64.7 Å². The van der Waals surface area contributed by atoms with E-state index in [-0.39, 0.29) is 0 Å². The Kier molecular flexibility index (Phi) is 4.55. The lowest BCUT2D eigenvalue weighted by Crippen LogP contribution is -2.29. The molecule has 1 aromatic heterocycles. The molecule has 0 bridgehead atoms. The van der Waals surface area contributed by atoms with Gasteiger partial charge in [-0.05, 0) is 44.0 Å². The average Bonchev–Trinajstić information content (AvgIpc) is 3.00. The summed E-state index contributed by atoms with van der Waals surface area (Å²) in [6, 6.07) is 21.4. The van der Waals surface area contributed by atoms with Gasteiger partial charge in [-0.1, -0.05) is 55.7 Å². The Balaban J connectivity index is 1.92. The predicted molar refractivity (Wildman–Crippen MR) is 102 cm³/mol. The first-order valence-electron chi connectivity index (χ1n) is 9.28. The Hall–Kier alpha value is -2.55. The van der Waals surface area contributed by atoms with Crippen LogP contribution in [0, 0.1) is 6.92 Å². The third kappa shape index (κ3) is 3.32. The fourth-order valence-electron chi connectivity index (χ4n) is 3.84. The molecule has 128 valence electrons. The van der Waals surface area contributed by atoms with Crippen LogP contribution in [0.3, 0.4) is 0 Å². The highest BCUT2D eigenvalue weighted by molar-refractivity contribution is 5.37. The van der Waals surface area contributed by atoms with Crippen molar-refractivity contribution in [3.05, 3.63) is 78.2 Å². The van der Waals surface area contributed by atoms with Crippen molar-refractivity contribution in [2.45, 2.75) is 45.1 Å². The lowest BCUT2D eigenvalue weighted by atomic mass is 9.95. The highest BCUT2D eigenvalue weighted by Gasteiger charge is 2.19. The van der Waals surface area contributed by atoms with Crippen LogP contribution in [0.1, 0.15) is 43.8 Å². The van der Waals surface area contributed by atoms with Crippen molar-refractivity contribution in [3.8, 4) is 5.69 Å². The number of aromatic nitrogens is 2. The van der Waals surface area contributed by atoms with Crippen LogP contribution >= 0.6 is 0 Å². The first-order valence-corrected chi connectivity index (χ1v) is 9.28. The summed E-state index contributed by atoms with van der Waals surface area (Å²) in [5.74, 6) is 0. The molecule has 0 N–H and O–H groups in total. The maximum Gasteiger partial charge on any atom is 0.215 e. The molecule has 0 aliphatic heterocycles. The molecule has 1 heterocycles. The van der Waals surface area contributed by atoms with Crippen LogP contribution in [0.4, 0.5) is 5.69 Å². The topological polar surface area (TPSA) is 22.2 Å². The zero-order valence-corrected chi connectivity index (χ0v) is 14.8. The Morgan fingerprint density at radius 2 is 1.48 bits per heavy atom. The first kappa shape index (κ1) is 15.9. The van der Waals surface area contributed by atoms with Gasteiger partial charge in [0.1, 0.15) is 0 Å². The smallest absolute Gasteiger partial charge is 0.215 e. The van der Waals surface area contributed by atoms with Gasteiger partial charge in [0.15, 0.2) is 0 Å². The van der Waals surface area contributed by atoms with Crippen molar-refractivity contribution in [2.75, 3.05) is 0 Å². The van der Waals surface area contributed by atoms with Gasteiger partial charge in [-0.2, -0.15) is 0 Å². The first-order chi connectivity index (χ1) is 12.3. The van der Waals surface area contributed by atoms with Crippen molar-refractivity contribution < 1.29 is 0 Å². The Morgan fingerprint density at radius 1 is 0.840 bits per heavy atom. The molecular formula is C22H25N3. The van der Waals surface area contributed by atoms with Gasteiger partial charge in [0, 0.05) is 23.6 Å². The second-order valence-electron chi connectivity index (χ2n) is 6.89. The van der Waals surface area contributed by atoms with Crippen LogP contribution in [-0.4, -0.2) is 9.13 Å². The number of para-hydroxylation sites is 2. The van der Waals surface area contributed by atoms with Crippen LogP contribution in [-0.2, 0) is 0 Å². The van der Waals surface area contributed by atoms with Gasteiger partial charge in [-0.15, -0.1) is 0 Å². The van der Waals surface area contributed by atoms with E-state index in [1.165, 1.54) is 43.5 Å². The Labute approximate surface area is 149 Å². The second-order valence-corrected chi connectivity index (χ2v) is 6.89.